The molecule has 0 saturated carbocycles. The van der Waals surface area contributed by atoms with Crippen LogP contribution in [-0.4, -0.2) is 63.8 Å². The molecular formula is C32H37BrFN5O2. The Kier molecular flexibility index (Phi) is 6.42. The van der Waals surface area contributed by atoms with Gasteiger partial charge in [-0.25, -0.2) is 4.39 Å². The lowest BCUT2D eigenvalue weighted by Crippen LogP contribution is -2.43. The smallest absolute Gasteiger partial charge is 0.316 e. The molecule has 216 valence electrons. The molecule has 5 aliphatic rings. The lowest BCUT2D eigenvalue weighted by atomic mass is 9.85. The SMILES string of the molecule is Oc1cc(N2CCc3c(nc(OCC45CCCN4CCC5)nc3C3C[C@H]4CC[C@@H](C3)N4)C2)c2c(Br)c(F)ccc2c1. The number of hydrogen-bond acceptors (Lipinski definition) is 7. The summed E-state index contributed by atoms with van der Waals surface area (Å²) < 4.78 is 21.6. The Morgan fingerprint density at radius 3 is 2.63 bits per heavy atom. The quantitative estimate of drug-likeness (QED) is 0.373. The predicted octanol–water partition coefficient (Wildman–Crippen LogP) is 5.80. The van der Waals surface area contributed by atoms with Gasteiger partial charge in [-0.3, -0.25) is 4.90 Å². The number of aromatic hydroxyl groups is 1. The molecule has 1 unspecified atom stereocenters. The van der Waals surface area contributed by atoms with E-state index in [0.29, 0.717) is 41.6 Å². The van der Waals surface area contributed by atoms with Gasteiger partial charge in [0, 0.05) is 41.7 Å². The van der Waals surface area contributed by atoms with Crippen LogP contribution in [0.25, 0.3) is 10.8 Å². The molecule has 5 aliphatic heterocycles. The van der Waals surface area contributed by atoms with E-state index in [4.69, 9.17) is 14.7 Å². The summed E-state index contributed by atoms with van der Waals surface area (Å²) in [5.41, 5.74) is 4.39. The maximum atomic E-state index is 14.6. The van der Waals surface area contributed by atoms with Crippen molar-refractivity contribution in [1.82, 2.24) is 20.2 Å². The summed E-state index contributed by atoms with van der Waals surface area (Å²) in [6.45, 7) is 4.30. The Balaban J connectivity index is 1.16. The Morgan fingerprint density at radius 2 is 1.85 bits per heavy atom. The van der Waals surface area contributed by atoms with Crippen LogP contribution < -0.4 is 15.0 Å². The highest BCUT2D eigenvalue weighted by Crippen LogP contribution is 2.43. The molecule has 2 bridgehead atoms. The first-order valence-electron chi connectivity index (χ1n) is 15.3. The lowest BCUT2D eigenvalue weighted by molar-refractivity contribution is 0.107. The van der Waals surface area contributed by atoms with Crippen LogP contribution in [0.3, 0.4) is 0 Å². The fourth-order valence-corrected chi connectivity index (χ4v) is 9.16. The molecule has 2 N–H and O–H groups in total. The number of nitrogens with zero attached hydrogens (tertiary/aromatic N) is 4. The van der Waals surface area contributed by atoms with Crippen molar-refractivity contribution in [2.24, 2.45) is 0 Å². The third kappa shape index (κ3) is 4.50. The second-order valence-corrected chi connectivity index (χ2v) is 13.7. The van der Waals surface area contributed by atoms with E-state index in [9.17, 15) is 9.50 Å². The molecule has 4 fully saturated rings. The molecule has 41 heavy (non-hydrogen) atoms. The Bertz CT molecular complexity index is 1500. The molecule has 0 radical (unpaired) electrons. The number of fused-ring (bicyclic) bond motifs is 5. The number of phenolic OH excluding ortho intramolecular Hbond substituents is 1. The average molecular weight is 623 g/mol. The maximum Gasteiger partial charge on any atom is 0.316 e. The second-order valence-electron chi connectivity index (χ2n) is 12.9. The fourth-order valence-electron chi connectivity index (χ4n) is 8.59. The Morgan fingerprint density at radius 1 is 1.07 bits per heavy atom. The summed E-state index contributed by atoms with van der Waals surface area (Å²) in [5, 5.41) is 15.9. The zero-order chi connectivity index (χ0) is 27.7. The van der Waals surface area contributed by atoms with E-state index in [1.165, 1.54) is 68.9 Å². The van der Waals surface area contributed by atoms with Gasteiger partial charge in [0.25, 0.3) is 0 Å². The van der Waals surface area contributed by atoms with Gasteiger partial charge in [0.2, 0.25) is 0 Å². The van der Waals surface area contributed by atoms with Gasteiger partial charge in [-0.2, -0.15) is 9.97 Å². The van der Waals surface area contributed by atoms with Gasteiger partial charge < -0.3 is 20.1 Å². The van der Waals surface area contributed by atoms with E-state index in [-0.39, 0.29) is 17.1 Å². The number of benzene rings is 2. The number of rotatable bonds is 5. The summed E-state index contributed by atoms with van der Waals surface area (Å²) in [6, 6.07) is 8.25. The van der Waals surface area contributed by atoms with Gasteiger partial charge in [-0.05, 0) is 110 Å². The Labute approximate surface area is 248 Å². The minimum Gasteiger partial charge on any atom is -0.508 e. The summed E-state index contributed by atoms with van der Waals surface area (Å²) in [7, 11) is 0. The first-order chi connectivity index (χ1) is 20.0. The van der Waals surface area contributed by atoms with Crippen LogP contribution in [0.1, 0.15) is 74.2 Å². The van der Waals surface area contributed by atoms with Crippen LogP contribution in [0.15, 0.2) is 28.7 Å². The minimum atomic E-state index is -0.310. The van der Waals surface area contributed by atoms with E-state index >= 15 is 0 Å². The molecule has 0 aliphatic carbocycles. The van der Waals surface area contributed by atoms with Gasteiger partial charge in [0.1, 0.15) is 18.2 Å². The number of halogens is 2. The summed E-state index contributed by atoms with van der Waals surface area (Å²) >= 11 is 3.48. The van der Waals surface area contributed by atoms with Crippen LogP contribution in [0.5, 0.6) is 11.8 Å². The largest absolute Gasteiger partial charge is 0.508 e. The number of piperidine rings is 1. The van der Waals surface area contributed by atoms with E-state index < -0.39 is 0 Å². The molecule has 0 spiro atoms. The van der Waals surface area contributed by atoms with Crippen molar-refractivity contribution in [3.05, 3.63) is 51.5 Å². The van der Waals surface area contributed by atoms with Gasteiger partial charge in [-0.1, -0.05) is 6.07 Å². The van der Waals surface area contributed by atoms with Gasteiger partial charge in [-0.15, -0.1) is 0 Å². The fraction of sp³-hybridized carbons (Fsp3) is 0.562. The van der Waals surface area contributed by atoms with E-state index in [1.807, 2.05) is 0 Å². The second kappa shape index (κ2) is 10.1. The monoisotopic (exact) mass is 621 g/mol. The molecule has 8 rings (SSSR count). The third-order valence-corrected chi connectivity index (χ3v) is 11.3. The van der Waals surface area contributed by atoms with Gasteiger partial charge in [0.05, 0.1) is 27.9 Å². The topological polar surface area (TPSA) is 73.8 Å². The van der Waals surface area contributed by atoms with Crippen molar-refractivity contribution in [2.75, 3.05) is 31.1 Å². The summed E-state index contributed by atoms with van der Waals surface area (Å²) in [6.07, 6.45) is 10.4. The average Bonchev–Trinajstić information content (AvgIpc) is 3.66. The van der Waals surface area contributed by atoms with Crippen molar-refractivity contribution < 1.29 is 14.2 Å². The summed E-state index contributed by atoms with van der Waals surface area (Å²) in [5.74, 6) is 0.276. The molecule has 1 aromatic heterocycles. The third-order valence-electron chi connectivity index (χ3n) is 10.5. The van der Waals surface area contributed by atoms with E-state index in [2.05, 4.69) is 31.0 Å². The number of ether oxygens (including phenoxy) is 1. The van der Waals surface area contributed by atoms with Gasteiger partial charge >= 0.3 is 6.01 Å². The van der Waals surface area contributed by atoms with Crippen molar-refractivity contribution in [1.29, 1.82) is 0 Å². The molecule has 2 aromatic carbocycles. The molecule has 6 heterocycles. The molecule has 9 heteroatoms. The van der Waals surface area contributed by atoms with Crippen molar-refractivity contribution >= 4 is 32.4 Å². The maximum absolute atomic E-state index is 14.6. The van der Waals surface area contributed by atoms with Crippen molar-refractivity contribution in [3.8, 4) is 11.8 Å². The number of aromatic nitrogens is 2. The number of anilines is 1. The van der Waals surface area contributed by atoms with Crippen LogP contribution in [-0.2, 0) is 13.0 Å². The van der Waals surface area contributed by atoms with E-state index in [1.54, 1.807) is 18.2 Å². The number of hydrogen-bond donors (Lipinski definition) is 2. The first-order valence-corrected chi connectivity index (χ1v) is 16.1. The van der Waals surface area contributed by atoms with Gasteiger partial charge in [0.15, 0.2) is 0 Å². The van der Waals surface area contributed by atoms with Crippen molar-refractivity contribution in [3.63, 3.8) is 0 Å². The van der Waals surface area contributed by atoms with E-state index in [0.717, 1.165) is 48.0 Å². The van der Waals surface area contributed by atoms with Crippen LogP contribution in [0.2, 0.25) is 0 Å². The highest BCUT2D eigenvalue weighted by atomic mass is 79.9. The number of phenols is 1. The van der Waals surface area contributed by atoms with Crippen LogP contribution in [0.4, 0.5) is 10.1 Å². The molecule has 4 saturated heterocycles. The normalized spacial score (nSPS) is 26.9. The standard InChI is InChI=1S/C32H37BrFN5O2/c33-29-25(34)6-3-19-15-23(40)16-27(28(19)29)38-12-7-24-26(17-38)36-31(41-18-32-8-1-10-39(32)11-2-9-32)37-30(24)20-13-21-4-5-22(14-20)35-21/h3,6,15-16,20-22,35,40H,1-2,4-5,7-14,17-18H2/t20?,21-,22+. The molecule has 3 aromatic rings. The molecule has 7 nitrogen and oxygen atoms in total. The summed E-state index contributed by atoms with van der Waals surface area (Å²) in [4.78, 5) is 15.1. The highest BCUT2D eigenvalue weighted by molar-refractivity contribution is 9.10. The zero-order valence-electron chi connectivity index (χ0n) is 23.3. The number of nitrogens with one attached hydrogen (secondary N) is 1. The molecule has 3 atom stereocenters. The Hall–Kier alpha value is -2.49. The van der Waals surface area contributed by atoms with Crippen molar-refractivity contribution in [2.45, 2.75) is 87.9 Å². The lowest BCUT2D eigenvalue weighted by Gasteiger charge is -2.35. The minimum absolute atomic E-state index is 0.135. The first kappa shape index (κ1) is 26.2. The molecule has 0 amide bonds. The zero-order valence-corrected chi connectivity index (χ0v) is 24.9. The highest BCUT2D eigenvalue weighted by Gasteiger charge is 2.45. The predicted molar refractivity (Wildman–Crippen MR) is 160 cm³/mol. The van der Waals surface area contributed by atoms with Crippen LogP contribution in [0, 0.1) is 5.82 Å². The molecular weight excluding hydrogens is 585 g/mol. The van der Waals surface area contributed by atoms with Crippen LogP contribution >= 0.6 is 15.9 Å².